The van der Waals surface area contributed by atoms with Crippen molar-refractivity contribution in [3.05, 3.63) is 70.3 Å². The zero-order chi connectivity index (χ0) is 14.7. The summed E-state index contributed by atoms with van der Waals surface area (Å²) in [4.78, 5) is 17.5. The highest BCUT2D eigenvalue weighted by atomic mass is 16.1. The maximum absolute atomic E-state index is 12.7. The molecule has 4 heteroatoms. The van der Waals surface area contributed by atoms with Crippen molar-refractivity contribution in [1.29, 1.82) is 0 Å². The second-order valence-electron chi connectivity index (χ2n) is 6.05. The van der Waals surface area contributed by atoms with Crippen molar-refractivity contribution in [1.82, 2.24) is 9.55 Å². The molecule has 2 unspecified atom stereocenters. The molecular weight excluding hydrogens is 274 g/mol. The van der Waals surface area contributed by atoms with E-state index < -0.39 is 0 Å². The standard InChI is InChI=1S/C18H15N3O/c22-18-13-6-2-4-8-15(13)20-17-16-12(9-10-21(17)18)11-5-1-3-7-14(11)19-16/h1-8,12,16,19H,9-10H2. The number of aromatic nitrogens is 2. The van der Waals surface area contributed by atoms with Gasteiger partial charge in [0.05, 0.1) is 16.9 Å². The molecular formula is C18H15N3O. The van der Waals surface area contributed by atoms with Crippen LogP contribution in [0, 0.1) is 0 Å². The van der Waals surface area contributed by atoms with Crippen molar-refractivity contribution in [3.63, 3.8) is 0 Å². The summed E-state index contributed by atoms with van der Waals surface area (Å²) in [5.74, 6) is 1.28. The van der Waals surface area contributed by atoms with Crippen molar-refractivity contribution in [2.24, 2.45) is 0 Å². The molecule has 2 aromatic carbocycles. The molecule has 0 bridgehead atoms. The number of hydrogen-bond donors (Lipinski definition) is 1. The number of nitrogens with zero attached hydrogens (tertiary/aromatic N) is 2. The van der Waals surface area contributed by atoms with Crippen LogP contribution < -0.4 is 10.9 Å². The van der Waals surface area contributed by atoms with Gasteiger partial charge in [0.1, 0.15) is 5.82 Å². The highest BCUT2D eigenvalue weighted by Gasteiger charge is 2.38. The van der Waals surface area contributed by atoms with Crippen LogP contribution in [0.5, 0.6) is 0 Å². The Morgan fingerprint density at radius 3 is 2.86 bits per heavy atom. The van der Waals surface area contributed by atoms with E-state index >= 15 is 0 Å². The van der Waals surface area contributed by atoms with Gasteiger partial charge in [0.25, 0.3) is 5.56 Å². The minimum atomic E-state index is 0.0804. The van der Waals surface area contributed by atoms with Crippen LogP contribution >= 0.6 is 0 Å². The van der Waals surface area contributed by atoms with E-state index in [-0.39, 0.29) is 11.6 Å². The number of anilines is 1. The normalized spacial score (nSPS) is 21.8. The molecule has 0 saturated carbocycles. The van der Waals surface area contributed by atoms with E-state index in [0.717, 1.165) is 24.3 Å². The van der Waals surface area contributed by atoms with Crippen LogP contribution in [0.2, 0.25) is 0 Å². The smallest absolute Gasteiger partial charge is 0.261 e. The van der Waals surface area contributed by atoms with Crippen LogP contribution in [0.3, 0.4) is 0 Å². The molecule has 0 radical (unpaired) electrons. The summed E-state index contributed by atoms with van der Waals surface area (Å²) in [5, 5.41) is 4.27. The summed E-state index contributed by atoms with van der Waals surface area (Å²) in [7, 11) is 0. The van der Waals surface area contributed by atoms with Gasteiger partial charge in [0, 0.05) is 18.2 Å². The minimum Gasteiger partial charge on any atom is -0.374 e. The number of nitrogens with one attached hydrogen (secondary N) is 1. The molecule has 2 aliphatic rings. The Kier molecular flexibility index (Phi) is 2.28. The third-order valence-corrected chi connectivity index (χ3v) is 4.91. The van der Waals surface area contributed by atoms with Crippen LogP contribution in [0.1, 0.15) is 29.8 Å². The van der Waals surface area contributed by atoms with E-state index in [1.54, 1.807) is 0 Å². The van der Waals surface area contributed by atoms with Gasteiger partial charge in [-0.3, -0.25) is 9.36 Å². The highest BCUT2D eigenvalue weighted by Crippen LogP contribution is 2.47. The quantitative estimate of drug-likeness (QED) is 0.692. The van der Waals surface area contributed by atoms with Crippen molar-refractivity contribution in [2.75, 3.05) is 5.32 Å². The van der Waals surface area contributed by atoms with Crippen LogP contribution in [0.4, 0.5) is 5.69 Å². The molecule has 1 N–H and O–H groups in total. The van der Waals surface area contributed by atoms with Crippen molar-refractivity contribution >= 4 is 16.6 Å². The van der Waals surface area contributed by atoms with Crippen LogP contribution in [0.15, 0.2) is 53.3 Å². The third-order valence-electron chi connectivity index (χ3n) is 4.91. The molecule has 22 heavy (non-hydrogen) atoms. The molecule has 3 aromatic rings. The first-order chi connectivity index (χ1) is 10.8. The number of para-hydroxylation sites is 2. The second-order valence-corrected chi connectivity index (χ2v) is 6.05. The molecule has 108 valence electrons. The number of rotatable bonds is 0. The Labute approximate surface area is 127 Å². The zero-order valence-electron chi connectivity index (χ0n) is 12.0. The van der Waals surface area contributed by atoms with E-state index in [4.69, 9.17) is 4.98 Å². The van der Waals surface area contributed by atoms with E-state index in [0.29, 0.717) is 11.3 Å². The van der Waals surface area contributed by atoms with Gasteiger partial charge in [-0.15, -0.1) is 0 Å². The predicted octanol–water partition coefficient (Wildman–Crippen LogP) is 3.05. The Bertz CT molecular complexity index is 960. The maximum atomic E-state index is 12.7. The molecule has 5 rings (SSSR count). The molecule has 0 aliphatic carbocycles. The predicted molar refractivity (Wildman–Crippen MR) is 86.2 cm³/mol. The Morgan fingerprint density at radius 2 is 1.91 bits per heavy atom. The van der Waals surface area contributed by atoms with Gasteiger partial charge in [-0.25, -0.2) is 4.98 Å². The molecule has 2 atom stereocenters. The van der Waals surface area contributed by atoms with Gasteiger partial charge in [0.15, 0.2) is 0 Å². The Hall–Kier alpha value is -2.62. The Morgan fingerprint density at radius 1 is 1.09 bits per heavy atom. The average Bonchev–Trinajstić information content (AvgIpc) is 2.94. The lowest BCUT2D eigenvalue weighted by Crippen LogP contribution is -2.34. The fourth-order valence-corrected chi connectivity index (χ4v) is 3.87. The molecule has 4 nitrogen and oxygen atoms in total. The summed E-state index contributed by atoms with van der Waals surface area (Å²) in [6.45, 7) is 0.739. The average molecular weight is 289 g/mol. The summed E-state index contributed by atoms with van der Waals surface area (Å²) in [6.07, 6.45) is 0.974. The van der Waals surface area contributed by atoms with Crippen molar-refractivity contribution in [2.45, 2.75) is 24.9 Å². The van der Waals surface area contributed by atoms with Crippen LogP contribution in [-0.4, -0.2) is 9.55 Å². The van der Waals surface area contributed by atoms with Gasteiger partial charge in [0.2, 0.25) is 0 Å². The summed E-state index contributed by atoms with van der Waals surface area (Å²) < 4.78 is 1.85. The number of fused-ring (bicyclic) bond motifs is 6. The van der Waals surface area contributed by atoms with Crippen LogP contribution in [0.25, 0.3) is 10.9 Å². The maximum Gasteiger partial charge on any atom is 0.261 e. The topological polar surface area (TPSA) is 46.9 Å². The first-order valence-electron chi connectivity index (χ1n) is 7.68. The van der Waals surface area contributed by atoms with E-state index in [9.17, 15) is 4.79 Å². The molecule has 0 amide bonds. The second kappa shape index (κ2) is 4.19. The van der Waals surface area contributed by atoms with Gasteiger partial charge < -0.3 is 5.32 Å². The highest BCUT2D eigenvalue weighted by molar-refractivity contribution is 5.77. The number of hydrogen-bond acceptors (Lipinski definition) is 3. The van der Waals surface area contributed by atoms with E-state index in [1.165, 1.54) is 11.3 Å². The summed E-state index contributed by atoms with van der Waals surface area (Å²) >= 11 is 0. The lowest BCUT2D eigenvalue weighted by atomic mass is 9.89. The fraction of sp³-hybridized carbons (Fsp3) is 0.222. The number of benzene rings is 2. The zero-order valence-corrected chi connectivity index (χ0v) is 12.0. The summed E-state index contributed by atoms with van der Waals surface area (Å²) in [6, 6.07) is 16.1. The fourth-order valence-electron chi connectivity index (χ4n) is 3.87. The SMILES string of the molecule is O=c1c2ccccc2nc2n1CCC1c3ccccc3NC21. The van der Waals surface area contributed by atoms with Gasteiger partial charge >= 0.3 is 0 Å². The molecule has 2 aliphatic heterocycles. The third kappa shape index (κ3) is 1.47. The van der Waals surface area contributed by atoms with E-state index in [2.05, 4.69) is 23.5 Å². The molecule has 3 heterocycles. The largest absolute Gasteiger partial charge is 0.374 e. The van der Waals surface area contributed by atoms with Gasteiger partial charge in [-0.05, 0) is 30.2 Å². The summed E-state index contributed by atoms with van der Waals surface area (Å²) in [5.41, 5.74) is 3.39. The van der Waals surface area contributed by atoms with Crippen LogP contribution in [-0.2, 0) is 6.54 Å². The lowest BCUT2D eigenvalue weighted by molar-refractivity contribution is 0.415. The molecule has 1 aromatic heterocycles. The monoisotopic (exact) mass is 289 g/mol. The molecule has 0 spiro atoms. The molecule has 0 fully saturated rings. The van der Waals surface area contributed by atoms with Crippen molar-refractivity contribution < 1.29 is 0 Å². The minimum absolute atomic E-state index is 0.0804. The van der Waals surface area contributed by atoms with Crippen molar-refractivity contribution in [3.8, 4) is 0 Å². The van der Waals surface area contributed by atoms with E-state index in [1.807, 2.05) is 34.9 Å². The van der Waals surface area contributed by atoms with Gasteiger partial charge in [-0.2, -0.15) is 0 Å². The van der Waals surface area contributed by atoms with Gasteiger partial charge in [-0.1, -0.05) is 30.3 Å². The first kappa shape index (κ1) is 12.0. The lowest BCUT2D eigenvalue weighted by Gasteiger charge is -2.29. The first-order valence-corrected chi connectivity index (χ1v) is 7.68. The molecule has 0 saturated heterocycles. The Balaban J connectivity index is 1.75.